The molecule has 0 atom stereocenters. The second-order valence-electron chi connectivity index (χ2n) is 8.17. The van der Waals surface area contributed by atoms with Crippen LogP contribution >= 0.6 is 0 Å². The molecule has 0 aliphatic heterocycles. The van der Waals surface area contributed by atoms with Crippen LogP contribution in [-0.4, -0.2) is 24.4 Å². The van der Waals surface area contributed by atoms with Crippen molar-refractivity contribution in [3.8, 4) is 5.75 Å². The minimum absolute atomic E-state index is 0.0551. The molecule has 0 fully saturated rings. The third-order valence-corrected chi connectivity index (χ3v) is 6.90. The number of carbonyl (C=O) groups is 2. The Balaban J connectivity index is 1.69. The normalized spacial score (nSPS) is 11.5. The Morgan fingerprint density at radius 2 is 1.62 bits per heavy atom. The highest BCUT2D eigenvalue weighted by molar-refractivity contribution is 7.87. The number of aromatic nitrogens is 1. The van der Waals surface area contributed by atoms with E-state index in [0.717, 1.165) is 17.5 Å². The van der Waals surface area contributed by atoms with Gasteiger partial charge in [-0.3, -0.25) is 9.59 Å². The maximum absolute atomic E-state index is 13.6. The Morgan fingerprint density at radius 1 is 0.941 bits per heavy atom. The number of hydrogen-bond donors (Lipinski definition) is 0. The molecule has 0 N–H and O–H groups in total. The molecule has 2 aromatic carbocycles. The number of carbonyl (C=O) groups excluding carboxylic acids is 2. The van der Waals surface area contributed by atoms with Gasteiger partial charge in [0.2, 0.25) is 0 Å². The third-order valence-electron chi connectivity index (χ3n) is 5.64. The lowest BCUT2D eigenvalue weighted by molar-refractivity contribution is 0.101. The molecule has 7 heteroatoms. The van der Waals surface area contributed by atoms with E-state index in [1.54, 1.807) is 22.7 Å². The van der Waals surface area contributed by atoms with Crippen LogP contribution in [0.3, 0.4) is 0 Å². The number of rotatable bonds is 8. The summed E-state index contributed by atoms with van der Waals surface area (Å²) >= 11 is 0. The Labute approximate surface area is 198 Å². The smallest absolute Gasteiger partial charge is 0.339 e. The van der Waals surface area contributed by atoms with E-state index >= 15 is 0 Å². The molecule has 0 saturated heterocycles. The van der Waals surface area contributed by atoms with Crippen molar-refractivity contribution in [2.75, 3.05) is 0 Å². The molecule has 0 radical (unpaired) electrons. The zero-order valence-corrected chi connectivity index (χ0v) is 20.1. The van der Waals surface area contributed by atoms with Crippen LogP contribution in [0.25, 0.3) is 5.52 Å². The average Bonchev–Trinajstić information content (AvgIpc) is 3.13. The number of ketones is 2. The molecule has 2 heterocycles. The molecule has 2 aromatic heterocycles. The Hall–Kier alpha value is -3.71. The fraction of sp³-hybridized carbons (Fsp3) is 0.185. The summed E-state index contributed by atoms with van der Waals surface area (Å²) in [7, 11) is -3.99. The second-order valence-corrected chi connectivity index (χ2v) is 9.71. The highest BCUT2D eigenvalue weighted by atomic mass is 32.2. The van der Waals surface area contributed by atoms with Crippen LogP contribution in [0.2, 0.25) is 0 Å². The van der Waals surface area contributed by atoms with Crippen LogP contribution in [-0.2, 0) is 16.5 Å². The van der Waals surface area contributed by atoms with E-state index in [4.69, 9.17) is 4.18 Å². The fourth-order valence-corrected chi connectivity index (χ4v) is 5.01. The lowest BCUT2D eigenvalue weighted by Crippen LogP contribution is -2.10. The third kappa shape index (κ3) is 4.39. The predicted molar refractivity (Wildman–Crippen MR) is 130 cm³/mol. The van der Waals surface area contributed by atoms with E-state index in [2.05, 4.69) is 0 Å². The van der Waals surface area contributed by atoms with Gasteiger partial charge < -0.3 is 8.58 Å². The van der Waals surface area contributed by atoms with Crippen molar-refractivity contribution in [2.45, 2.75) is 38.5 Å². The maximum Gasteiger partial charge on any atom is 0.339 e. The first kappa shape index (κ1) is 23.4. The lowest BCUT2D eigenvalue weighted by atomic mass is 9.96. The van der Waals surface area contributed by atoms with Gasteiger partial charge in [0.05, 0.1) is 16.8 Å². The van der Waals surface area contributed by atoms with Gasteiger partial charge in [-0.25, -0.2) is 0 Å². The zero-order valence-electron chi connectivity index (χ0n) is 19.2. The first-order chi connectivity index (χ1) is 16.2. The lowest BCUT2D eigenvalue weighted by Gasteiger charge is -2.09. The molecule has 0 saturated carbocycles. The van der Waals surface area contributed by atoms with E-state index in [9.17, 15) is 18.0 Å². The topological polar surface area (TPSA) is 81.9 Å². The number of aryl methyl sites for hydroxylation is 1. The van der Waals surface area contributed by atoms with Crippen LogP contribution < -0.4 is 4.18 Å². The summed E-state index contributed by atoms with van der Waals surface area (Å²) in [5, 5.41) is 0. The number of Topliss-reactive ketones (excluding diaryl/α,β-unsaturated/α-hetero) is 1. The van der Waals surface area contributed by atoms with E-state index in [0.29, 0.717) is 28.8 Å². The summed E-state index contributed by atoms with van der Waals surface area (Å²) in [5.74, 6) is -0.224. The summed E-state index contributed by atoms with van der Waals surface area (Å²) in [4.78, 5) is 26.0. The molecular weight excluding hydrogens is 450 g/mol. The van der Waals surface area contributed by atoms with Gasteiger partial charge in [0.25, 0.3) is 0 Å². The molecule has 0 aliphatic carbocycles. The molecule has 4 aromatic rings. The van der Waals surface area contributed by atoms with Crippen molar-refractivity contribution < 1.29 is 22.2 Å². The van der Waals surface area contributed by atoms with Crippen LogP contribution in [0.15, 0.2) is 77.8 Å². The quantitative estimate of drug-likeness (QED) is 0.252. The van der Waals surface area contributed by atoms with Crippen molar-refractivity contribution in [3.63, 3.8) is 0 Å². The predicted octanol–water partition coefficient (Wildman–Crippen LogP) is 5.40. The number of nitrogens with zero attached hydrogens (tertiary/aromatic N) is 1. The molecule has 0 aliphatic rings. The number of pyridine rings is 1. The Kier molecular flexibility index (Phi) is 6.39. The Bertz CT molecular complexity index is 1480. The summed E-state index contributed by atoms with van der Waals surface area (Å²) in [6.07, 6.45) is 3.16. The molecule has 6 nitrogen and oxygen atoms in total. The first-order valence-electron chi connectivity index (χ1n) is 11.0. The van der Waals surface area contributed by atoms with Gasteiger partial charge in [-0.2, -0.15) is 8.42 Å². The molecule has 0 spiro atoms. The minimum atomic E-state index is -3.99. The average molecular weight is 476 g/mol. The largest absolute Gasteiger partial charge is 0.379 e. The van der Waals surface area contributed by atoms with E-state index < -0.39 is 10.1 Å². The van der Waals surface area contributed by atoms with Crippen LogP contribution in [0.5, 0.6) is 5.75 Å². The zero-order chi connectivity index (χ0) is 24.5. The fourth-order valence-electron chi connectivity index (χ4n) is 4.08. The molecule has 0 bridgehead atoms. The maximum atomic E-state index is 13.6. The van der Waals surface area contributed by atoms with E-state index in [1.165, 1.54) is 43.3 Å². The molecule has 34 heavy (non-hydrogen) atoms. The van der Waals surface area contributed by atoms with Gasteiger partial charge in [-0.1, -0.05) is 37.1 Å². The van der Waals surface area contributed by atoms with Gasteiger partial charge in [0.1, 0.15) is 10.6 Å². The van der Waals surface area contributed by atoms with Crippen LogP contribution in [0.1, 0.15) is 57.8 Å². The number of fused-ring (bicyclic) bond motifs is 1. The van der Waals surface area contributed by atoms with Crippen molar-refractivity contribution in [3.05, 3.63) is 101 Å². The SMILES string of the molecule is CCCc1c(C(=O)c2ccc(OS(=O)(=O)c3ccc(C)cc3)cc2)c2ccccn2c1C(C)=O. The van der Waals surface area contributed by atoms with Crippen molar-refractivity contribution >= 4 is 27.2 Å². The molecular formula is C27H25NO5S. The van der Waals surface area contributed by atoms with Gasteiger partial charge in [0, 0.05) is 18.7 Å². The van der Waals surface area contributed by atoms with Gasteiger partial charge in [-0.15, -0.1) is 0 Å². The second kappa shape index (κ2) is 9.27. The first-order valence-corrected chi connectivity index (χ1v) is 12.4. The summed E-state index contributed by atoms with van der Waals surface area (Å²) in [5.41, 5.74) is 3.73. The highest BCUT2D eigenvalue weighted by Crippen LogP contribution is 2.29. The molecule has 4 rings (SSSR count). The minimum Gasteiger partial charge on any atom is -0.379 e. The summed E-state index contributed by atoms with van der Waals surface area (Å²) in [6.45, 7) is 5.37. The number of hydrogen-bond acceptors (Lipinski definition) is 5. The summed E-state index contributed by atoms with van der Waals surface area (Å²) < 4.78 is 32.1. The van der Waals surface area contributed by atoms with Crippen molar-refractivity contribution in [1.29, 1.82) is 0 Å². The van der Waals surface area contributed by atoms with E-state index in [-0.39, 0.29) is 22.2 Å². The van der Waals surface area contributed by atoms with Gasteiger partial charge >= 0.3 is 10.1 Å². The molecule has 174 valence electrons. The molecule has 0 unspecified atom stereocenters. The van der Waals surface area contributed by atoms with Crippen LogP contribution in [0.4, 0.5) is 0 Å². The standard InChI is InChI=1S/C27H25NO5S/c1-4-7-23-25(24-8-5-6-17-28(24)26(23)19(3)29)27(30)20-11-13-21(14-12-20)33-34(31,32)22-15-9-18(2)10-16-22/h5-6,8-17H,4,7H2,1-3H3. The highest BCUT2D eigenvalue weighted by Gasteiger charge is 2.25. The monoisotopic (exact) mass is 475 g/mol. The Morgan fingerprint density at radius 3 is 2.24 bits per heavy atom. The van der Waals surface area contributed by atoms with E-state index in [1.807, 2.05) is 32.0 Å². The van der Waals surface area contributed by atoms with Crippen molar-refractivity contribution in [1.82, 2.24) is 4.40 Å². The van der Waals surface area contributed by atoms with Gasteiger partial charge in [-0.05, 0) is 67.4 Å². The van der Waals surface area contributed by atoms with Crippen LogP contribution in [0, 0.1) is 6.92 Å². The van der Waals surface area contributed by atoms with Crippen molar-refractivity contribution in [2.24, 2.45) is 0 Å². The number of benzene rings is 2. The molecule has 0 amide bonds. The summed E-state index contributed by atoms with van der Waals surface area (Å²) in [6, 6.07) is 17.9. The van der Waals surface area contributed by atoms with Gasteiger partial charge in [0.15, 0.2) is 11.6 Å².